The third-order valence-electron chi connectivity index (χ3n) is 6.17. The second-order valence-electron chi connectivity index (χ2n) is 8.69. The Kier molecular flexibility index (Phi) is 7.02. The molecule has 1 aliphatic carbocycles. The number of halogens is 3. The van der Waals surface area contributed by atoms with Gasteiger partial charge in [-0.05, 0) is 42.7 Å². The maximum Gasteiger partial charge on any atom is 0.573 e. The quantitative estimate of drug-likeness (QED) is 0.477. The number of nitrogens with two attached hydrogens (primary N) is 1. The van der Waals surface area contributed by atoms with Gasteiger partial charge in [0.15, 0.2) is 5.75 Å². The van der Waals surface area contributed by atoms with Gasteiger partial charge in [0.2, 0.25) is 11.3 Å². The third-order valence-corrected chi connectivity index (χ3v) is 6.17. The van der Waals surface area contributed by atoms with Crippen molar-refractivity contribution in [2.24, 2.45) is 5.73 Å². The fourth-order valence-electron chi connectivity index (χ4n) is 4.42. The number of ether oxygens (including phenoxy) is 1. The van der Waals surface area contributed by atoms with Crippen LogP contribution in [-0.2, 0) is 6.54 Å². The summed E-state index contributed by atoms with van der Waals surface area (Å²) in [5, 5.41) is 12.8. The highest BCUT2D eigenvalue weighted by atomic mass is 19.4. The third kappa shape index (κ3) is 5.51. The molecule has 1 fully saturated rings. The number of pyridine rings is 1. The Labute approximate surface area is 203 Å². The Morgan fingerprint density at radius 2 is 1.81 bits per heavy atom. The number of aliphatic hydroxyl groups excluding tert-OH is 1. The van der Waals surface area contributed by atoms with Gasteiger partial charge < -0.3 is 25.5 Å². The first-order valence-electron chi connectivity index (χ1n) is 11.3. The molecule has 11 heteroatoms. The SMILES string of the molecule is NC(=O)c1ccc(Cn2cc(C(=O)N[C@H]3CCCC[C@@H]3O)c(=O)c3cccc(OC(F)(F)F)c32)cc1. The standard InChI is InChI=1S/C25H24F3N3O5/c26-25(27,28)36-20-7-3-4-16-21(20)31(12-14-8-10-15(11-9-14)23(29)34)13-17(22(16)33)24(35)30-18-5-1-2-6-19(18)32/h3-4,7-11,13,18-19,32H,1-2,5-6,12H2,(H2,29,34)(H,30,35)/t18-,19-/m0/s1. The summed E-state index contributed by atoms with van der Waals surface area (Å²) in [5.41, 5.74) is 4.89. The number of fused-ring (bicyclic) bond motifs is 1. The number of amides is 2. The van der Waals surface area contributed by atoms with Gasteiger partial charge >= 0.3 is 6.36 Å². The zero-order valence-corrected chi connectivity index (χ0v) is 19.0. The van der Waals surface area contributed by atoms with E-state index in [0.717, 1.165) is 18.9 Å². The number of carbonyl (C=O) groups is 2. The molecule has 1 heterocycles. The van der Waals surface area contributed by atoms with Gasteiger partial charge in [0, 0.05) is 18.3 Å². The number of benzene rings is 2. The van der Waals surface area contributed by atoms with Crippen molar-refractivity contribution < 1.29 is 32.6 Å². The van der Waals surface area contributed by atoms with E-state index in [2.05, 4.69) is 10.1 Å². The van der Waals surface area contributed by atoms with Crippen LogP contribution in [0.2, 0.25) is 0 Å². The number of nitrogens with zero attached hydrogens (tertiary/aromatic N) is 1. The molecule has 2 atom stereocenters. The fraction of sp³-hybridized carbons (Fsp3) is 0.320. The summed E-state index contributed by atoms with van der Waals surface area (Å²) in [5.74, 6) is -1.96. The van der Waals surface area contributed by atoms with Gasteiger partial charge in [0.1, 0.15) is 5.56 Å². The number of aliphatic hydroxyl groups is 1. The summed E-state index contributed by atoms with van der Waals surface area (Å²) < 4.78 is 44.8. The van der Waals surface area contributed by atoms with Gasteiger partial charge in [-0.1, -0.05) is 31.0 Å². The van der Waals surface area contributed by atoms with Gasteiger partial charge in [0.25, 0.3) is 5.91 Å². The normalized spacial score (nSPS) is 18.1. The van der Waals surface area contributed by atoms with Crippen molar-refractivity contribution in [3.63, 3.8) is 0 Å². The van der Waals surface area contributed by atoms with E-state index in [4.69, 9.17) is 5.73 Å². The molecule has 0 radical (unpaired) electrons. The predicted molar refractivity (Wildman–Crippen MR) is 125 cm³/mol. The Hall–Kier alpha value is -3.86. The van der Waals surface area contributed by atoms with Crippen LogP contribution in [0.1, 0.15) is 52.0 Å². The number of alkyl halides is 3. The molecular weight excluding hydrogens is 479 g/mol. The molecule has 1 aromatic heterocycles. The summed E-state index contributed by atoms with van der Waals surface area (Å²) >= 11 is 0. The van der Waals surface area contributed by atoms with E-state index >= 15 is 0 Å². The average molecular weight is 503 g/mol. The minimum absolute atomic E-state index is 0.0413. The molecule has 1 aliphatic rings. The molecule has 4 N–H and O–H groups in total. The number of rotatable bonds is 6. The lowest BCUT2D eigenvalue weighted by molar-refractivity contribution is -0.274. The minimum Gasteiger partial charge on any atom is -0.404 e. The van der Waals surface area contributed by atoms with Crippen LogP contribution >= 0.6 is 0 Å². The van der Waals surface area contributed by atoms with Gasteiger partial charge in [-0.3, -0.25) is 14.4 Å². The first-order valence-corrected chi connectivity index (χ1v) is 11.3. The fourth-order valence-corrected chi connectivity index (χ4v) is 4.42. The number of nitrogens with one attached hydrogen (secondary N) is 1. The maximum atomic E-state index is 13.2. The Morgan fingerprint density at radius 1 is 1.11 bits per heavy atom. The van der Waals surface area contributed by atoms with Crippen LogP contribution < -0.4 is 21.2 Å². The predicted octanol–water partition coefficient (Wildman–Crippen LogP) is 3.08. The van der Waals surface area contributed by atoms with Crippen LogP contribution in [-0.4, -0.2) is 40.0 Å². The number of aromatic nitrogens is 1. The molecular formula is C25H24F3N3O5. The molecule has 2 amide bonds. The van der Waals surface area contributed by atoms with Crippen molar-refractivity contribution in [3.8, 4) is 5.75 Å². The molecule has 4 rings (SSSR count). The van der Waals surface area contributed by atoms with Crippen molar-refractivity contribution in [1.82, 2.24) is 9.88 Å². The van der Waals surface area contributed by atoms with Crippen LogP contribution in [0.25, 0.3) is 10.9 Å². The summed E-state index contributed by atoms with van der Waals surface area (Å²) in [4.78, 5) is 37.6. The van der Waals surface area contributed by atoms with Crippen molar-refractivity contribution in [3.05, 3.63) is 75.6 Å². The molecule has 0 spiro atoms. The first kappa shape index (κ1) is 25.2. The van der Waals surface area contributed by atoms with E-state index in [1.807, 2.05) is 0 Å². The number of hydrogen-bond acceptors (Lipinski definition) is 5. The largest absolute Gasteiger partial charge is 0.573 e. The molecule has 2 aromatic carbocycles. The van der Waals surface area contributed by atoms with Crippen LogP contribution in [0.4, 0.5) is 13.2 Å². The molecule has 36 heavy (non-hydrogen) atoms. The molecule has 0 saturated heterocycles. The Bertz CT molecular complexity index is 1350. The van der Waals surface area contributed by atoms with E-state index in [1.165, 1.54) is 35.0 Å². The van der Waals surface area contributed by atoms with E-state index in [-0.39, 0.29) is 28.6 Å². The van der Waals surface area contributed by atoms with Crippen LogP contribution in [0.15, 0.2) is 53.5 Å². The summed E-state index contributed by atoms with van der Waals surface area (Å²) in [6, 6.07) is 9.17. The summed E-state index contributed by atoms with van der Waals surface area (Å²) in [6.07, 6.45) is -1.88. The number of para-hydroxylation sites is 1. The highest BCUT2D eigenvalue weighted by molar-refractivity contribution is 5.98. The second kappa shape index (κ2) is 10.0. The van der Waals surface area contributed by atoms with Crippen molar-refractivity contribution in [1.29, 1.82) is 0 Å². The topological polar surface area (TPSA) is 124 Å². The Balaban J connectivity index is 1.81. The highest BCUT2D eigenvalue weighted by Gasteiger charge is 2.33. The molecule has 190 valence electrons. The molecule has 1 saturated carbocycles. The highest BCUT2D eigenvalue weighted by Crippen LogP contribution is 2.30. The Morgan fingerprint density at radius 3 is 2.44 bits per heavy atom. The van der Waals surface area contributed by atoms with Gasteiger partial charge in [-0.15, -0.1) is 13.2 Å². The van der Waals surface area contributed by atoms with Crippen molar-refractivity contribution >= 4 is 22.7 Å². The van der Waals surface area contributed by atoms with E-state index in [9.17, 15) is 32.7 Å². The number of primary amides is 1. The van der Waals surface area contributed by atoms with Gasteiger partial charge in [-0.25, -0.2) is 0 Å². The molecule has 8 nitrogen and oxygen atoms in total. The molecule has 3 aromatic rings. The summed E-state index contributed by atoms with van der Waals surface area (Å²) in [7, 11) is 0. The molecule has 0 unspecified atom stereocenters. The van der Waals surface area contributed by atoms with E-state index in [0.29, 0.717) is 18.4 Å². The zero-order chi connectivity index (χ0) is 26.0. The van der Waals surface area contributed by atoms with E-state index < -0.39 is 41.5 Å². The second-order valence-corrected chi connectivity index (χ2v) is 8.69. The minimum atomic E-state index is -5.01. The lowest BCUT2D eigenvalue weighted by Crippen LogP contribution is -2.46. The number of hydrogen-bond donors (Lipinski definition) is 3. The van der Waals surface area contributed by atoms with Crippen molar-refractivity contribution in [2.75, 3.05) is 0 Å². The van der Waals surface area contributed by atoms with Crippen LogP contribution in [0, 0.1) is 0 Å². The number of carbonyl (C=O) groups excluding carboxylic acids is 2. The first-order chi connectivity index (χ1) is 17.0. The monoisotopic (exact) mass is 503 g/mol. The summed E-state index contributed by atoms with van der Waals surface area (Å²) in [6.45, 7) is -0.0413. The lowest BCUT2D eigenvalue weighted by atomic mass is 9.92. The van der Waals surface area contributed by atoms with Gasteiger partial charge in [-0.2, -0.15) is 0 Å². The molecule has 0 bridgehead atoms. The average Bonchev–Trinajstić information content (AvgIpc) is 2.81. The molecule has 0 aliphatic heterocycles. The van der Waals surface area contributed by atoms with Crippen LogP contribution in [0.3, 0.4) is 0 Å². The zero-order valence-electron chi connectivity index (χ0n) is 19.0. The van der Waals surface area contributed by atoms with Crippen molar-refractivity contribution in [2.45, 2.75) is 50.7 Å². The van der Waals surface area contributed by atoms with E-state index in [1.54, 1.807) is 12.1 Å². The smallest absolute Gasteiger partial charge is 0.404 e. The van der Waals surface area contributed by atoms with Crippen LogP contribution in [0.5, 0.6) is 5.75 Å². The lowest BCUT2D eigenvalue weighted by Gasteiger charge is -2.28. The maximum absolute atomic E-state index is 13.2. The van der Waals surface area contributed by atoms with Gasteiger partial charge in [0.05, 0.1) is 23.0 Å².